The number of carboxylic acids is 1. The van der Waals surface area contributed by atoms with Gasteiger partial charge in [-0.05, 0) is 0 Å². The maximum Gasteiger partial charge on any atom is 0.573 e. The molecule has 0 aliphatic carbocycles. The Morgan fingerprint density at radius 2 is 2.11 bits per heavy atom. The second-order valence-corrected chi connectivity index (χ2v) is 3.39. The quantitative estimate of drug-likeness (QED) is 0.683. The van der Waals surface area contributed by atoms with Gasteiger partial charge < -0.3 is 9.84 Å². The number of ether oxygens (including phenoxy) is 1. The summed E-state index contributed by atoms with van der Waals surface area (Å²) in [5, 5.41) is 8.48. The summed E-state index contributed by atoms with van der Waals surface area (Å²) in [6, 6.07) is 0.668. The number of aliphatic carboxylic acids is 1. The molecule has 18 heavy (non-hydrogen) atoms. The Labute approximate surface area is 103 Å². The van der Waals surface area contributed by atoms with Gasteiger partial charge >= 0.3 is 12.3 Å². The largest absolute Gasteiger partial charge is 0.573 e. The van der Waals surface area contributed by atoms with Crippen LogP contribution in [0.1, 0.15) is 11.4 Å². The number of hydrogen-bond acceptors (Lipinski definition) is 3. The molecule has 1 aromatic heterocycles. The molecule has 1 rings (SSSR count). The van der Waals surface area contributed by atoms with Crippen molar-refractivity contribution in [3.05, 3.63) is 23.3 Å². The number of pyridine rings is 1. The van der Waals surface area contributed by atoms with Crippen LogP contribution in [0.15, 0.2) is 6.07 Å². The number of halogens is 5. The minimum absolute atomic E-state index is 0.117. The molecule has 0 unspecified atom stereocenters. The maximum absolute atomic E-state index is 13.5. The molecule has 0 radical (unpaired) electrons. The second kappa shape index (κ2) is 5.38. The van der Waals surface area contributed by atoms with E-state index in [2.05, 4.69) is 9.72 Å². The number of carboxylic acid groups (broad SMARTS) is 1. The SMILES string of the molecule is O=C(O)Cc1nc(CCl)cc(OC(F)(F)F)c1F. The topological polar surface area (TPSA) is 59.4 Å². The Hall–Kier alpha value is -1.57. The second-order valence-electron chi connectivity index (χ2n) is 3.12. The van der Waals surface area contributed by atoms with E-state index in [1.165, 1.54) is 0 Å². The molecule has 0 spiro atoms. The highest BCUT2D eigenvalue weighted by Gasteiger charge is 2.33. The van der Waals surface area contributed by atoms with Crippen molar-refractivity contribution in [3.63, 3.8) is 0 Å². The molecule has 0 atom stereocenters. The fraction of sp³-hybridized carbons (Fsp3) is 0.333. The van der Waals surface area contributed by atoms with Crippen molar-refractivity contribution in [3.8, 4) is 5.75 Å². The van der Waals surface area contributed by atoms with Gasteiger partial charge in [-0.1, -0.05) is 0 Å². The molecular formula is C9H6ClF4NO3. The van der Waals surface area contributed by atoms with Crippen molar-refractivity contribution < 1.29 is 32.2 Å². The molecule has 0 amide bonds. The lowest BCUT2D eigenvalue weighted by Crippen LogP contribution is -2.19. The Balaban J connectivity index is 3.20. The minimum Gasteiger partial charge on any atom is -0.481 e. The van der Waals surface area contributed by atoms with Crippen LogP contribution < -0.4 is 4.74 Å². The van der Waals surface area contributed by atoms with Crippen LogP contribution in [0.5, 0.6) is 5.75 Å². The Bertz CT molecular complexity index is 464. The molecule has 0 aliphatic rings. The molecule has 4 nitrogen and oxygen atoms in total. The van der Waals surface area contributed by atoms with Crippen LogP contribution >= 0.6 is 11.6 Å². The van der Waals surface area contributed by atoms with Gasteiger partial charge in [0.1, 0.15) is 0 Å². The number of aromatic nitrogens is 1. The van der Waals surface area contributed by atoms with Crippen molar-refractivity contribution in [2.75, 3.05) is 0 Å². The van der Waals surface area contributed by atoms with E-state index in [9.17, 15) is 22.4 Å². The van der Waals surface area contributed by atoms with Crippen LogP contribution in [0, 0.1) is 5.82 Å². The van der Waals surface area contributed by atoms with Crippen molar-refractivity contribution in [1.29, 1.82) is 0 Å². The van der Waals surface area contributed by atoms with Gasteiger partial charge in [0.2, 0.25) is 0 Å². The molecule has 0 aromatic carbocycles. The van der Waals surface area contributed by atoms with Gasteiger partial charge in [-0.3, -0.25) is 9.78 Å². The van der Waals surface area contributed by atoms with E-state index in [0.717, 1.165) is 0 Å². The molecule has 0 aliphatic heterocycles. The highest BCUT2D eigenvalue weighted by Crippen LogP contribution is 2.28. The van der Waals surface area contributed by atoms with Gasteiger partial charge in [-0.25, -0.2) is 4.39 Å². The van der Waals surface area contributed by atoms with Gasteiger partial charge in [0.25, 0.3) is 0 Å². The third-order valence-electron chi connectivity index (χ3n) is 1.73. The minimum atomic E-state index is -5.09. The van der Waals surface area contributed by atoms with Crippen molar-refractivity contribution in [2.45, 2.75) is 18.7 Å². The zero-order valence-electron chi connectivity index (χ0n) is 8.59. The first-order valence-electron chi connectivity index (χ1n) is 4.44. The zero-order chi connectivity index (χ0) is 13.9. The predicted octanol–water partition coefficient (Wildman–Crippen LogP) is 2.49. The standard InChI is InChI=1S/C9H6ClF4NO3/c10-3-4-1-6(18-9(12,13)14)8(11)5(15-4)2-7(16)17/h1H,2-3H2,(H,16,17). The normalized spacial score (nSPS) is 11.4. The molecule has 1 N–H and O–H groups in total. The molecular weight excluding hydrogens is 282 g/mol. The lowest BCUT2D eigenvalue weighted by molar-refractivity contribution is -0.275. The van der Waals surface area contributed by atoms with E-state index in [0.29, 0.717) is 6.07 Å². The first kappa shape index (κ1) is 14.5. The summed E-state index contributed by atoms with van der Waals surface area (Å²) in [4.78, 5) is 13.9. The van der Waals surface area contributed by atoms with Gasteiger partial charge in [0.15, 0.2) is 11.6 Å². The number of nitrogens with zero attached hydrogens (tertiary/aromatic N) is 1. The van der Waals surface area contributed by atoms with Crippen LogP contribution in [0.4, 0.5) is 17.6 Å². The third-order valence-corrected chi connectivity index (χ3v) is 2.00. The smallest absolute Gasteiger partial charge is 0.481 e. The van der Waals surface area contributed by atoms with Crippen LogP contribution in [-0.4, -0.2) is 22.4 Å². The summed E-state index contributed by atoms with van der Waals surface area (Å²) in [6.45, 7) is 0. The molecule has 0 saturated heterocycles. The van der Waals surface area contributed by atoms with Gasteiger partial charge in [0.05, 0.1) is 23.7 Å². The van der Waals surface area contributed by atoms with E-state index >= 15 is 0 Å². The summed E-state index contributed by atoms with van der Waals surface area (Å²) in [7, 11) is 0. The fourth-order valence-corrected chi connectivity index (χ4v) is 1.28. The molecule has 1 heterocycles. The highest BCUT2D eigenvalue weighted by atomic mass is 35.5. The molecule has 100 valence electrons. The van der Waals surface area contributed by atoms with E-state index < -0.39 is 36.0 Å². The molecule has 9 heteroatoms. The van der Waals surface area contributed by atoms with E-state index in [-0.39, 0.29) is 11.6 Å². The Kier molecular flexibility index (Phi) is 4.33. The van der Waals surface area contributed by atoms with Crippen LogP contribution in [-0.2, 0) is 17.1 Å². The molecule has 0 saturated carbocycles. The summed E-state index contributed by atoms with van der Waals surface area (Å²) < 4.78 is 52.9. The molecule has 0 fully saturated rings. The van der Waals surface area contributed by atoms with Crippen LogP contribution in [0.2, 0.25) is 0 Å². The van der Waals surface area contributed by atoms with Crippen LogP contribution in [0.25, 0.3) is 0 Å². The lowest BCUT2D eigenvalue weighted by atomic mass is 10.2. The predicted molar refractivity (Wildman–Crippen MR) is 51.8 cm³/mol. The lowest BCUT2D eigenvalue weighted by Gasteiger charge is -2.12. The third kappa shape index (κ3) is 4.02. The highest BCUT2D eigenvalue weighted by molar-refractivity contribution is 6.16. The van der Waals surface area contributed by atoms with Gasteiger partial charge in [-0.15, -0.1) is 24.8 Å². The monoisotopic (exact) mass is 287 g/mol. The van der Waals surface area contributed by atoms with Crippen molar-refractivity contribution in [1.82, 2.24) is 4.98 Å². The van der Waals surface area contributed by atoms with Crippen molar-refractivity contribution in [2.24, 2.45) is 0 Å². The first-order chi connectivity index (χ1) is 8.23. The van der Waals surface area contributed by atoms with Gasteiger partial charge in [0, 0.05) is 6.07 Å². The summed E-state index contributed by atoms with van der Waals surface area (Å²) >= 11 is 5.36. The average molecular weight is 288 g/mol. The number of rotatable bonds is 4. The van der Waals surface area contributed by atoms with E-state index in [1.54, 1.807) is 0 Å². The van der Waals surface area contributed by atoms with Crippen molar-refractivity contribution >= 4 is 17.6 Å². The molecule has 0 bridgehead atoms. The summed E-state index contributed by atoms with van der Waals surface area (Å²) in [6.07, 6.45) is -5.96. The summed E-state index contributed by atoms with van der Waals surface area (Å²) in [5.74, 6) is -4.36. The summed E-state index contributed by atoms with van der Waals surface area (Å²) in [5.41, 5.74) is -0.784. The Morgan fingerprint density at radius 1 is 1.50 bits per heavy atom. The van der Waals surface area contributed by atoms with E-state index in [4.69, 9.17) is 16.7 Å². The number of alkyl halides is 4. The van der Waals surface area contributed by atoms with Gasteiger partial charge in [-0.2, -0.15) is 0 Å². The molecule has 1 aromatic rings. The zero-order valence-corrected chi connectivity index (χ0v) is 9.35. The maximum atomic E-state index is 13.5. The Morgan fingerprint density at radius 3 is 2.56 bits per heavy atom. The van der Waals surface area contributed by atoms with Crippen LogP contribution in [0.3, 0.4) is 0 Å². The average Bonchev–Trinajstić information content (AvgIpc) is 2.21. The van der Waals surface area contributed by atoms with E-state index in [1.807, 2.05) is 0 Å². The first-order valence-corrected chi connectivity index (χ1v) is 4.98. The number of hydrogen-bond donors (Lipinski definition) is 1. The number of carbonyl (C=O) groups is 1. The fourth-order valence-electron chi connectivity index (χ4n) is 1.14.